The number of sulfonamides is 1. The summed E-state index contributed by atoms with van der Waals surface area (Å²) in [6.45, 7) is 2.72. The number of hydrogen-bond donors (Lipinski definition) is 1. The first-order chi connectivity index (χ1) is 9.43. The van der Waals surface area contributed by atoms with Gasteiger partial charge in [0.1, 0.15) is 0 Å². The van der Waals surface area contributed by atoms with E-state index < -0.39 is 16.0 Å². The van der Waals surface area contributed by atoms with Crippen LogP contribution in [0.25, 0.3) is 0 Å². The zero-order valence-corrected chi connectivity index (χ0v) is 12.3. The normalized spacial score (nSPS) is 17.6. The van der Waals surface area contributed by atoms with Crippen LogP contribution in [-0.4, -0.2) is 36.9 Å². The molecule has 20 heavy (non-hydrogen) atoms. The third-order valence-corrected chi connectivity index (χ3v) is 5.66. The van der Waals surface area contributed by atoms with Crippen LogP contribution in [0.5, 0.6) is 0 Å². The number of aryl methyl sites for hydroxylation is 1. The summed E-state index contributed by atoms with van der Waals surface area (Å²) in [6, 6.07) is 4.24. The van der Waals surface area contributed by atoms with Gasteiger partial charge in [0, 0.05) is 13.1 Å². The first-order valence-corrected chi connectivity index (χ1v) is 8.21. The molecule has 0 amide bonds. The zero-order chi connectivity index (χ0) is 14.8. The highest BCUT2D eigenvalue weighted by molar-refractivity contribution is 7.89. The van der Waals surface area contributed by atoms with Gasteiger partial charge in [-0.15, -0.1) is 0 Å². The Hall–Kier alpha value is -1.40. The summed E-state index contributed by atoms with van der Waals surface area (Å²) in [5.41, 5.74) is 0.586. The van der Waals surface area contributed by atoms with Gasteiger partial charge in [-0.25, -0.2) is 13.2 Å². The maximum atomic E-state index is 12.7. The van der Waals surface area contributed by atoms with Crippen LogP contribution in [0, 0.1) is 6.92 Å². The number of rotatable bonds is 3. The van der Waals surface area contributed by atoms with Gasteiger partial charge in [0.2, 0.25) is 10.0 Å². The van der Waals surface area contributed by atoms with E-state index in [-0.39, 0.29) is 10.5 Å². The molecule has 0 radical (unpaired) electrons. The second kappa shape index (κ2) is 5.93. The van der Waals surface area contributed by atoms with E-state index >= 15 is 0 Å². The lowest BCUT2D eigenvalue weighted by molar-refractivity contribution is 0.0696. The van der Waals surface area contributed by atoms with Crippen LogP contribution < -0.4 is 0 Å². The van der Waals surface area contributed by atoms with Crippen molar-refractivity contribution in [2.45, 2.75) is 37.5 Å². The van der Waals surface area contributed by atoms with Gasteiger partial charge in [-0.1, -0.05) is 18.9 Å². The summed E-state index contributed by atoms with van der Waals surface area (Å²) in [7, 11) is -3.60. The number of benzene rings is 1. The number of carbonyl (C=O) groups is 1. The SMILES string of the molecule is Cc1ccc(C(=O)O)cc1S(=O)(=O)N1CCCCCC1. The molecule has 0 spiro atoms. The molecule has 110 valence electrons. The Labute approximate surface area is 119 Å². The maximum absolute atomic E-state index is 12.7. The van der Waals surface area contributed by atoms with Crippen LogP contribution in [0.2, 0.25) is 0 Å². The molecule has 1 aromatic rings. The fourth-order valence-electron chi connectivity index (χ4n) is 2.43. The van der Waals surface area contributed by atoms with Gasteiger partial charge < -0.3 is 5.11 Å². The summed E-state index contributed by atoms with van der Waals surface area (Å²) in [6.07, 6.45) is 3.80. The summed E-state index contributed by atoms with van der Waals surface area (Å²) < 4.78 is 26.8. The van der Waals surface area contributed by atoms with Gasteiger partial charge in [-0.2, -0.15) is 4.31 Å². The van der Waals surface area contributed by atoms with Crippen molar-refractivity contribution in [1.82, 2.24) is 4.31 Å². The van der Waals surface area contributed by atoms with Crippen molar-refractivity contribution in [3.05, 3.63) is 29.3 Å². The Bertz CT molecular complexity index is 602. The lowest BCUT2D eigenvalue weighted by Gasteiger charge is -2.21. The van der Waals surface area contributed by atoms with Crippen LogP contribution >= 0.6 is 0 Å². The van der Waals surface area contributed by atoms with Crippen LogP contribution in [-0.2, 0) is 10.0 Å². The largest absolute Gasteiger partial charge is 0.478 e. The average molecular weight is 297 g/mol. The fourth-order valence-corrected chi connectivity index (χ4v) is 4.20. The fraction of sp³-hybridized carbons (Fsp3) is 0.500. The highest BCUT2D eigenvalue weighted by atomic mass is 32.2. The monoisotopic (exact) mass is 297 g/mol. The van der Waals surface area contributed by atoms with Gasteiger partial charge >= 0.3 is 5.97 Å². The van der Waals surface area contributed by atoms with E-state index in [1.807, 2.05) is 0 Å². The van der Waals surface area contributed by atoms with Crippen LogP contribution in [0.4, 0.5) is 0 Å². The smallest absolute Gasteiger partial charge is 0.335 e. The van der Waals surface area contributed by atoms with Crippen molar-refractivity contribution in [2.24, 2.45) is 0 Å². The molecular weight excluding hydrogens is 278 g/mol. The first kappa shape index (κ1) is 15.0. The molecular formula is C14H19NO4S. The Morgan fingerprint density at radius 1 is 1.15 bits per heavy atom. The van der Waals surface area contributed by atoms with Gasteiger partial charge in [0.25, 0.3) is 0 Å². The lowest BCUT2D eigenvalue weighted by atomic mass is 10.1. The van der Waals surface area contributed by atoms with Crippen molar-refractivity contribution < 1.29 is 18.3 Å². The van der Waals surface area contributed by atoms with E-state index in [2.05, 4.69) is 0 Å². The molecule has 1 N–H and O–H groups in total. The Morgan fingerprint density at radius 3 is 2.30 bits per heavy atom. The van der Waals surface area contributed by atoms with Crippen molar-refractivity contribution >= 4 is 16.0 Å². The summed E-state index contributed by atoms with van der Waals surface area (Å²) in [5.74, 6) is -1.11. The lowest BCUT2D eigenvalue weighted by Crippen LogP contribution is -2.32. The molecule has 0 bridgehead atoms. The van der Waals surface area contributed by atoms with E-state index in [4.69, 9.17) is 5.11 Å². The molecule has 2 rings (SSSR count). The molecule has 1 aliphatic heterocycles. The minimum absolute atomic E-state index is 0.00370. The molecule has 1 aromatic carbocycles. The molecule has 1 aliphatic rings. The molecule has 1 fully saturated rings. The standard InChI is InChI=1S/C14H19NO4S/c1-11-6-7-12(14(16)17)10-13(11)20(18,19)15-8-4-2-3-5-9-15/h6-7,10H,2-5,8-9H2,1H3,(H,16,17). The number of nitrogens with zero attached hydrogens (tertiary/aromatic N) is 1. The molecule has 0 aliphatic carbocycles. The molecule has 0 aromatic heterocycles. The molecule has 1 heterocycles. The topological polar surface area (TPSA) is 74.7 Å². The summed E-state index contributed by atoms with van der Waals surface area (Å²) in [4.78, 5) is 11.1. The molecule has 6 heteroatoms. The summed E-state index contributed by atoms with van der Waals surface area (Å²) >= 11 is 0. The van der Waals surface area contributed by atoms with Crippen molar-refractivity contribution in [3.8, 4) is 0 Å². The quantitative estimate of drug-likeness (QED) is 0.928. The van der Waals surface area contributed by atoms with Crippen LogP contribution in [0.3, 0.4) is 0 Å². The van der Waals surface area contributed by atoms with Gasteiger partial charge in [-0.05, 0) is 37.5 Å². The number of carboxylic acids is 1. The molecule has 0 saturated carbocycles. The highest BCUT2D eigenvalue weighted by Gasteiger charge is 2.27. The molecule has 0 unspecified atom stereocenters. The van der Waals surface area contributed by atoms with Crippen molar-refractivity contribution in [3.63, 3.8) is 0 Å². The van der Waals surface area contributed by atoms with Crippen molar-refractivity contribution in [1.29, 1.82) is 0 Å². The minimum atomic E-state index is -3.60. The predicted octanol–water partition coefficient (Wildman–Crippen LogP) is 2.26. The number of aromatic carboxylic acids is 1. The van der Waals surface area contributed by atoms with Gasteiger partial charge in [0.15, 0.2) is 0 Å². The van der Waals surface area contributed by atoms with Crippen LogP contribution in [0.15, 0.2) is 23.1 Å². The van der Waals surface area contributed by atoms with Crippen LogP contribution in [0.1, 0.15) is 41.6 Å². The summed E-state index contributed by atoms with van der Waals surface area (Å²) in [5, 5.41) is 9.01. The first-order valence-electron chi connectivity index (χ1n) is 6.77. The minimum Gasteiger partial charge on any atom is -0.478 e. The number of carboxylic acid groups (broad SMARTS) is 1. The van der Waals surface area contributed by atoms with E-state index in [0.717, 1.165) is 25.7 Å². The Morgan fingerprint density at radius 2 is 1.75 bits per heavy atom. The second-order valence-electron chi connectivity index (χ2n) is 5.10. The Kier molecular flexibility index (Phi) is 4.45. The van der Waals surface area contributed by atoms with E-state index in [1.54, 1.807) is 13.0 Å². The maximum Gasteiger partial charge on any atom is 0.335 e. The third kappa shape index (κ3) is 3.02. The van der Waals surface area contributed by atoms with Crippen molar-refractivity contribution in [2.75, 3.05) is 13.1 Å². The average Bonchev–Trinajstić information content (AvgIpc) is 2.68. The Balaban J connectivity index is 2.42. The molecule has 5 nitrogen and oxygen atoms in total. The zero-order valence-electron chi connectivity index (χ0n) is 11.5. The second-order valence-corrected chi connectivity index (χ2v) is 7.01. The van der Waals surface area contributed by atoms with E-state index in [1.165, 1.54) is 16.4 Å². The highest BCUT2D eigenvalue weighted by Crippen LogP contribution is 2.24. The predicted molar refractivity (Wildman–Crippen MR) is 75.4 cm³/mol. The van der Waals surface area contributed by atoms with E-state index in [9.17, 15) is 13.2 Å². The van der Waals surface area contributed by atoms with Gasteiger partial charge in [-0.3, -0.25) is 0 Å². The molecule has 0 atom stereocenters. The third-order valence-electron chi connectivity index (χ3n) is 3.62. The number of hydrogen-bond acceptors (Lipinski definition) is 3. The van der Waals surface area contributed by atoms with Gasteiger partial charge in [0.05, 0.1) is 10.5 Å². The van der Waals surface area contributed by atoms with E-state index in [0.29, 0.717) is 18.7 Å². The molecule has 1 saturated heterocycles.